The second-order valence-corrected chi connectivity index (χ2v) is 5.39. The van der Waals surface area contributed by atoms with Gasteiger partial charge in [0.2, 0.25) is 17.6 Å². The van der Waals surface area contributed by atoms with Crippen LogP contribution in [0.2, 0.25) is 0 Å². The molecule has 0 spiro atoms. The number of rotatable bonds is 4. The highest BCUT2D eigenvalue weighted by atomic mass is 16.5. The third-order valence-corrected chi connectivity index (χ3v) is 3.95. The van der Waals surface area contributed by atoms with E-state index in [2.05, 4.69) is 20.3 Å². The maximum absolute atomic E-state index is 6.15. The lowest BCUT2D eigenvalue weighted by Crippen LogP contribution is -2.34. The lowest BCUT2D eigenvalue weighted by atomic mass is 9.83. The van der Waals surface area contributed by atoms with Crippen molar-refractivity contribution in [3.63, 3.8) is 0 Å². The average Bonchev–Trinajstić information content (AvgIpc) is 2.98. The van der Waals surface area contributed by atoms with Crippen molar-refractivity contribution in [2.45, 2.75) is 38.1 Å². The zero-order chi connectivity index (χ0) is 14.7. The van der Waals surface area contributed by atoms with Crippen molar-refractivity contribution in [3.8, 4) is 17.4 Å². The van der Waals surface area contributed by atoms with E-state index >= 15 is 0 Å². The van der Waals surface area contributed by atoms with Crippen LogP contribution < -0.4 is 10.5 Å². The molecule has 2 heterocycles. The molecule has 7 nitrogen and oxygen atoms in total. The van der Waals surface area contributed by atoms with Gasteiger partial charge in [-0.05, 0) is 24.8 Å². The van der Waals surface area contributed by atoms with E-state index in [0.717, 1.165) is 19.3 Å². The van der Waals surface area contributed by atoms with Gasteiger partial charge in [0.05, 0.1) is 7.11 Å². The summed E-state index contributed by atoms with van der Waals surface area (Å²) in [6.45, 7) is 0. The Morgan fingerprint density at radius 2 is 2.14 bits per heavy atom. The lowest BCUT2D eigenvalue weighted by molar-refractivity contribution is 0.273. The molecule has 2 unspecified atom stereocenters. The minimum atomic E-state index is 0.231. The highest BCUT2D eigenvalue weighted by Gasteiger charge is 2.24. The van der Waals surface area contributed by atoms with Gasteiger partial charge in [-0.25, -0.2) is 0 Å². The third kappa shape index (κ3) is 3.18. The molecule has 2 aromatic heterocycles. The fraction of sp³-hybridized carbons (Fsp3) is 0.571. The van der Waals surface area contributed by atoms with Gasteiger partial charge in [0.1, 0.15) is 5.69 Å². The topological polar surface area (TPSA) is 100.0 Å². The van der Waals surface area contributed by atoms with Crippen molar-refractivity contribution in [2.75, 3.05) is 7.11 Å². The van der Waals surface area contributed by atoms with E-state index in [9.17, 15) is 0 Å². The van der Waals surface area contributed by atoms with Gasteiger partial charge in [0.15, 0.2) is 0 Å². The van der Waals surface area contributed by atoms with Crippen LogP contribution in [0.4, 0.5) is 0 Å². The number of hydrogen-bond donors (Lipinski definition) is 1. The number of nitrogens with zero attached hydrogens (tertiary/aromatic N) is 4. The molecular weight excluding hydrogens is 270 g/mol. The van der Waals surface area contributed by atoms with Gasteiger partial charge >= 0.3 is 0 Å². The first-order valence-corrected chi connectivity index (χ1v) is 7.22. The molecule has 1 aliphatic rings. The molecule has 0 aliphatic heterocycles. The first-order valence-electron chi connectivity index (χ1n) is 7.22. The summed E-state index contributed by atoms with van der Waals surface area (Å²) in [7, 11) is 1.55. The van der Waals surface area contributed by atoms with Crippen LogP contribution in [-0.2, 0) is 6.42 Å². The van der Waals surface area contributed by atoms with Gasteiger partial charge in [-0.1, -0.05) is 18.0 Å². The monoisotopic (exact) mass is 289 g/mol. The molecule has 2 atom stereocenters. The molecule has 2 aromatic rings. The van der Waals surface area contributed by atoms with Crippen LogP contribution in [0.15, 0.2) is 16.7 Å². The van der Waals surface area contributed by atoms with E-state index in [1.807, 2.05) is 0 Å². The predicted octanol–water partition coefficient (Wildman–Crippen LogP) is 1.60. The van der Waals surface area contributed by atoms with Crippen LogP contribution in [-0.4, -0.2) is 33.5 Å². The quantitative estimate of drug-likeness (QED) is 0.912. The molecule has 1 fully saturated rings. The summed E-state index contributed by atoms with van der Waals surface area (Å²) in [4.78, 5) is 4.39. The minimum absolute atomic E-state index is 0.231. The molecule has 21 heavy (non-hydrogen) atoms. The number of nitrogens with two attached hydrogens (primary N) is 1. The zero-order valence-corrected chi connectivity index (χ0v) is 12.0. The van der Waals surface area contributed by atoms with Crippen molar-refractivity contribution >= 4 is 0 Å². The lowest BCUT2D eigenvalue weighted by Gasteiger charge is -2.27. The Labute approximate surface area is 122 Å². The van der Waals surface area contributed by atoms with Crippen molar-refractivity contribution in [1.29, 1.82) is 0 Å². The number of hydrogen-bond acceptors (Lipinski definition) is 7. The number of aromatic nitrogens is 4. The van der Waals surface area contributed by atoms with Gasteiger partial charge in [-0.2, -0.15) is 4.98 Å². The van der Waals surface area contributed by atoms with Crippen molar-refractivity contribution in [2.24, 2.45) is 11.7 Å². The van der Waals surface area contributed by atoms with E-state index in [-0.39, 0.29) is 6.04 Å². The van der Waals surface area contributed by atoms with Crippen LogP contribution in [0.1, 0.15) is 31.6 Å². The Kier molecular flexibility index (Phi) is 4.10. The summed E-state index contributed by atoms with van der Waals surface area (Å²) in [6.07, 6.45) is 5.38. The summed E-state index contributed by atoms with van der Waals surface area (Å²) < 4.78 is 10.3. The molecule has 0 bridgehead atoms. The average molecular weight is 289 g/mol. The highest BCUT2D eigenvalue weighted by molar-refractivity contribution is 5.47. The maximum atomic E-state index is 6.15. The van der Waals surface area contributed by atoms with Crippen molar-refractivity contribution in [1.82, 2.24) is 20.3 Å². The first kappa shape index (κ1) is 13.9. The SMILES string of the molecule is COc1ccc(-c2noc(CC3CCCCC3N)n2)nn1. The standard InChI is InChI=1S/C14H19N5O2/c1-20-12-7-6-11(17-18-12)14-16-13(21-19-14)8-9-4-2-3-5-10(9)15/h6-7,9-10H,2-5,8,15H2,1H3. The molecule has 0 radical (unpaired) electrons. The molecule has 1 saturated carbocycles. The van der Waals surface area contributed by atoms with E-state index in [1.54, 1.807) is 19.2 Å². The van der Waals surface area contributed by atoms with Crippen LogP contribution >= 0.6 is 0 Å². The van der Waals surface area contributed by atoms with Crippen LogP contribution in [0.5, 0.6) is 5.88 Å². The first-order chi connectivity index (χ1) is 10.3. The van der Waals surface area contributed by atoms with Crippen molar-refractivity contribution < 1.29 is 9.26 Å². The van der Waals surface area contributed by atoms with Gasteiger partial charge in [-0.3, -0.25) is 0 Å². The van der Waals surface area contributed by atoms with E-state index < -0.39 is 0 Å². The number of methoxy groups -OCH3 is 1. The van der Waals surface area contributed by atoms with Gasteiger partial charge in [0.25, 0.3) is 0 Å². The fourth-order valence-electron chi connectivity index (χ4n) is 2.70. The molecule has 0 saturated heterocycles. The number of ether oxygens (including phenoxy) is 1. The Bertz CT molecular complexity index is 583. The molecule has 112 valence electrons. The van der Waals surface area contributed by atoms with E-state index in [1.165, 1.54) is 12.8 Å². The highest BCUT2D eigenvalue weighted by Crippen LogP contribution is 2.26. The zero-order valence-electron chi connectivity index (χ0n) is 12.0. The smallest absolute Gasteiger partial charge is 0.233 e. The summed E-state index contributed by atoms with van der Waals surface area (Å²) >= 11 is 0. The molecular formula is C14H19N5O2. The van der Waals surface area contributed by atoms with E-state index in [4.69, 9.17) is 15.0 Å². The molecule has 2 N–H and O–H groups in total. The summed E-state index contributed by atoms with van der Waals surface area (Å²) in [5.41, 5.74) is 6.72. The van der Waals surface area contributed by atoms with Gasteiger partial charge in [-0.15, -0.1) is 10.2 Å². The second kappa shape index (κ2) is 6.17. The minimum Gasteiger partial charge on any atom is -0.480 e. The van der Waals surface area contributed by atoms with Gasteiger partial charge < -0.3 is 15.0 Å². The fourth-order valence-corrected chi connectivity index (χ4v) is 2.70. The molecule has 7 heteroatoms. The van der Waals surface area contributed by atoms with Crippen LogP contribution in [0, 0.1) is 5.92 Å². The van der Waals surface area contributed by atoms with Crippen LogP contribution in [0.3, 0.4) is 0 Å². The summed E-state index contributed by atoms with van der Waals surface area (Å²) in [5, 5.41) is 11.9. The molecule has 0 aromatic carbocycles. The van der Waals surface area contributed by atoms with E-state index in [0.29, 0.717) is 29.2 Å². The Hall–Kier alpha value is -2.02. The summed E-state index contributed by atoms with van der Waals surface area (Å²) in [5.74, 6) is 1.94. The van der Waals surface area contributed by atoms with Gasteiger partial charge in [0, 0.05) is 18.5 Å². The third-order valence-electron chi connectivity index (χ3n) is 3.95. The Morgan fingerprint density at radius 3 is 2.86 bits per heavy atom. The normalized spacial score (nSPS) is 22.2. The molecule has 1 aliphatic carbocycles. The molecule has 3 rings (SSSR count). The van der Waals surface area contributed by atoms with Crippen LogP contribution in [0.25, 0.3) is 11.5 Å². The maximum Gasteiger partial charge on any atom is 0.233 e. The van der Waals surface area contributed by atoms with Crippen molar-refractivity contribution in [3.05, 3.63) is 18.0 Å². The Morgan fingerprint density at radius 1 is 1.29 bits per heavy atom. The molecule has 0 amide bonds. The Balaban J connectivity index is 1.70. The summed E-state index contributed by atoms with van der Waals surface area (Å²) in [6, 6.07) is 3.71. The second-order valence-electron chi connectivity index (χ2n) is 5.39. The predicted molar refractivity (Wildman–Crippen MR) is 75.5 cm³/mol. The largest absolute Gasteiger partial charge is 0.480 e.